The van der Waals surface area contributed by atoms with Gasteiger partial charge in [0.1, 0.15) is 10.1 Å². The van der Waals surface area contributed by atoms with Crippen LogP contribution in [0.15, 0.2) is 11.5 Å². The second-order valence-corrected chi connectivity index (χ2v) is 5.03. The quantitative estimate of drug-likeness (QED) is 0.336. The Morgan fingerprint density at radius 1 is 1.00 bits per heavy atom. The maximum Gasteiger partial charge on any atom is 1.00 e. The first-order valence-electron chi connectivity index (χ1n) is 5.68. The van der Waals surface area contributed by atoms with E-state index in [-0.39, 0.29) is 29.6 Å². The Morgan fingerprint density at radius 3 is 2.00 bits per heavy atom. The summed E-state index contributed by atoms with van der Waals surface area (Å²) in [7, 11) is -4.16. The summed E-state index contributed by atoms with van der Waals surface area (Å²) >= 11 is 0. The van der Waals surface area contributed by atoms with Crippen LogP contribution in [0, 0.1) is 0 Å². The molecule has 0 radical (unpaired) electrons. The fraction of sp³-hybridized carbons (Fsp3) is 0.818. The summed E-state index contributed by atoms with van der Waals surface area (Å²) in [6.45, 7) is 2.19. The molecule has 0 fully saturated rings. The van der Waals surface area contributed by atoms with E-state index < -0.39 is 10.1 Å². The zero-order valence-corrected chi connectivity index (χ0v) is 13.3. The summed E-state index contributed by atoms with van der Waals surface area (Å²) in [5.74, 6) is 0. The minimum absolute atomic E-state index is 0. The van der Waals surface area contributed by atoms with E-state index in [0.717, 1.165) is 18.2 Å². The number of rotatable bonds is 9. The molecule has 0 aliphatic heterocycles. The number of allylic oxidation sites excluding steroid dienone is 1. The minimum atomic E-state index is -4.16. The van der Waals surface area contributed by atoms with Crippen molar-refractivity contribution in [1.82, 2.24) is 0 Å². The van der Waals surface area contributed by atoms with Gasteiger partial charge in [-0.1, -0.05) is 51.5 Å². The van der Waals surface area contributed by atoms with E-state index in [2.05, 4.69) is 6.92 Å². The molecule has 0 rings (SSSR count). The van der Waals surface area contributed by atoms with Crippen molar-refractivity contribution in [3.8, 4) is 0 Å². The summed E-state index contributed by atoms with van der Waals surface area (Å²) in [4.78, 5) is 0. The molecule has 0 saturated heterocycles. The Bertz CT molecular complexity index is 260. The molecule has 3 nitrogen and oxygen atoms in total. The van der Waals surface area contributed by atoms with E-state index in [1.165, 1.54) is 38.2 Å². The molecule has 0 aliphatic carbocycles. The van der Waals surface area contributed by atoms with Gasteiger partial charge in [-0.25, -0.2) is 8.42 Å². The molecular weight excluding hydrogens is 235 g/mol. The van der Waals surface area contributed by atoms with Gasteiger partial charge >= 0.3 is 29.6 Å². The van der Waals surface area contributed by atoms with Gasteiger partial charge in [-0.2, -0.15) is 0 Å². The Morgan fingerprint density at radius 2 is 1.50 bits per heavy atom. The van der Waals surface area contributed by atoms with Crippen LogP contribution in [0.3, 0.4) is 0 Å². The van der Waals surface area contributed by atoms with Gasteiger partial charge < -0.3 is 4.55 Å². The first-order chi connectivity index (χ1) is 7.06. The zero-order valence-electron chi connectivity index (χ0n) is 10.4. The molecule has 0 bridgehead atoms. The minimum Gasteiger partial charge on any atom is -0.744 e. The monoisotopic (exact) mass is 256 g/mol. The molecule has 0 aromatic heterocycles. The van der Waals surface area contributed by atoms with E-state index in [0.29, 0.717) is 6.42 Å². The molecule has 0 N–H and O–H groups in total. The Balaban J connectivity index is 0. The Labute approximate surface area is 122 Å². The van der Waals surface area contributed by atoms with Crippen molar-refractivity contribution in [2.75, 3.05) is 0 Å². The smallest absolute Gasteiger partial charge is 0.744 e. The maximum atomic E-state index is 10.2. The van der Waals surface area contributed by atoms with Crippen LogP contribution in [0.2, 0.25) is 0 Å². The topological polar surface area (TPSA) is 57.2 Å². The van der Waals surface area contributed by atoms with Crippen molar-refractivity contribution in [1.29, 1.82) is 0 Å². The van der Waals surface area contributed by atoms with Gasteiger partial charge in [0.2, 0.25) is 0 Å². The van der Waals surface area contributed by atoms with Crippen LogP contribution in [0.5, 0.6) is 0 Å². The van der Waals surface area contributed by atoms with Crippen LogP contribution in [-0.4, -0.2) is 13.0 Å². The molecule has 0 amide bonds. The molecule has 0 aliphatic rings. The fourth-order valence-corrected chi connectivity index (χ4v) is 1.78. The fourth-order valence-electron chi connectivity index (χ4n) is 1.41. The van der Waals surface area contributed by atoms with E-state index in [1.54, 1.807) is 0 Å². The van der Waals surface area contributed by atoms with Crippen LogP contribution >= 0.6 is 0 Å². The molecule has 0 heterocycles. The third kappa shape index (κ3) is 17.1. The van der Waals surface area contributed by atoms with Crippen molar-refractivity contribution in [3.63, 3.8) is 0 Å². The molecule has 16 heavy (non-hydrogen) atoms. The third-order valence-electron chi connectivity index (χ3n) is 2.24. The summed E-state index contributed by atoms with van der Waals surface area (Å²) in [5, 5.41) is 0.754. The second-order valence-electron chi connectivity index (χ2n) is 3.77. The van der Waals surface area contributed by atoms with E-state index in [4.69, 9.17) is 0 Å². The predicted molar refractivity (Wildman–Crippen MR) is 61.4 cm³/mol. The van der Waals surface area contributed by atoms with E-state index in [9.17, 15) is 13.0 Å². The standard InChI is InChI=1S/C11H22O3S.Na/c1-2-3-4-5-6-7-8-9-10-11-15(12,13)14;/h10-11H,2-9H2,1H3,(H,12,13,14);/q;+1/p-1. The largest absolute Gasteiger partial charge is 1.00 e. The number of hydrogen-bond donors (Lipinski definition) is 0. The van der Waals surface area contributed by atoms with Gasteiger partial charge in [0.25, 0.3) is 0 Å². The van der Waals surface area contributed by atoms with Crippen molar-refractivity contribution >= 4 is 10.1 Å². The SMILES string of the molecule is CCCCCCCCCC=CS(=O)(=O)[O-].[Na+]. The summed E-state index contributed by atoms with van der Waals surface area (Å²) in [6, 6.07) is 0. The number of unbranched alkanes of at least 4 members (excludes halogenated alkanes) is 7. The predicted octanol–water partition coefficient (Wildman–Crippen LogP) is 0.190. The third-order valence-corrected chi connectivity index (χ3v) is 2.76. The van der Waals surface area contributed by atoms with Gasteiger partial charge in [-0.05, 0) is 12.8 Å². The molecular formula is C11H21NaO3S. The molecule has 0 unspecified atom stereocenters. The molecule has 0 aromatic carbocycles. The van der Waals surface area contributed by atoms with Crippen LogP contribution in [0.4, 0.5) is 0 Å². The summed E-state index contributed by atoms with van der Waals surface area (Å²) in [5.41, 5.74) is 0. The summed E-state index contributed by atoms with van der Waals surface area (Å²) < 4.78 is 30.6. The van der Waals surface area contributed by atoms with Gasteiger partial charge in [0, 0.05) is 5.41 Å². The first kappa shape index (κ1) is 19.0. The normalized spacial score (nSPS) is 11.6. The molecule has 5 heteroatoms. The average Bonchev–Trinajstić information content (AvgIpc) is 2.14. The molecule has 0 aromatic rings. The van der Waals surface area contributed by atoms with Gasteiger partial charge in [-0.15, -0.1) is 0 Å². The van der Waals surface area contributed by atoms with Crippen molar-refractivity contribution in [2.45, 2.75) is 58.3 Å². The maximum absolute atomic E-state index is 10.2. The van der Waals surface area contributed by atoms with Gasteiger partial charge in [0.15, 0.2) is 0 Å². The average molecular weight is 256 g/mol. The van der Waals surface area contributed by atoms with Crippen LogP contribution in [0.25, 0.3) is 0 Å². The number of hydrogen-bond acceptors (Lipinski definition) is 3. The molecule has 0 spiro atoms. The van der Waals surface area contributed by atoms with Crippen LogP contribution in [0.1, 0.15) is 58.3 Å². The molecule has 0 saturated carbocycles. The van der Waals surface area contributed by atoms with Crippen LogP contribution in [-0.2, 0) is 10.1 Å². The molecule has 0 atom stereocenters. The second kappa shape index (κ2) is 12.1. The van der Waals surface area contributed by atoms with E-state index in [1.807, 2.05) is 0 Å². The zero-order chi connectivity index (χ0) is 11.6. The van der Waals surface area contributed by atoms with Gasteiger partial charge in [-0.3, -0.25) is 0 Å². The van der Waals surface area contributed by atoms with Crippen molar-refractivity contribution < 1.29 is 42.5 Å². The van der Waals surface area contributed by atoms with Crippen molar-refractivity contribution in [3.05, 3.63) is 11.5 Å². The first-order valence-corrected chi connectivity index (χ1v) is 7.16. The summed E-state index contributed by atoms with van der Waals surface area (Å²) in [6.07, 6.45) is 10.5. The Hall–Kier alpha value is 0.650. The van der Waals surface area contributed by atoms with Crippen LogP contribution < -0.4 is 29.6 Å². The van der Waals surface area contributed by atoms with Gasteiger partial charge in [0.05, 0.1) is 0 Å². The van der Waals surface area contributed by atoms with E-state index >= 15 is 0 Å². The van der Waals surface area contributed by atoms with Crippen molar-refractivity contribution in [2.24, 2.45) is 0 Å². The Kier molecular flexibility index (Phi) is 14.4. The molecule has 90 valence electrons.